The fraction of sp³-hybridized carbons (Fsp3) is 0.682. The lowest BCUT2D eigenvalue weighted by molar-refractivity contribution is 0.0205. The van der Waals surface area contributed by atoms with E-state index in [9.17, 15) is 0 Å². The van der Waals surface area contributed by atoms with Gasteiger partial charge in [-0.2, -0.15) is 0 Å². The summed E-state index contributed by atoms with van der Waals surface area (Å²) in [5.41, 5.74) is 1.03. The maximum atomic E-state index is 5.83. The minimum atomic E-state index is 0.0163. The maximum Gasteiger partial charge on any atom is 0.191 e. The van der Waals surface area contributed by atoms with Gasteiger partial charge in [0.15, 0.2) is 5.96 Å². The number of ether oxygens (including phenoxy) is 4. The van der Waals surface area contributed by atoms with Crippen molar-refractivity contribution < 1.29 is 18.9 Å². The van der Waals surface area contributed by atoms with Gasteiger partial charge in [0.1, 0.15) is 11.5 Å². The molecule has 1 heterocycles. The predicted molar refractivity (Wildman–Crippen MR) is 116 cm³/mol. The minimum absolute atomic E-state index is 0.0163. The van der Waals surface area contributed by atoms with Crippen molar-refractivity contribution in [3.63, 3.8) is 0 Å². The molecule has 1 atom stereocenters. The zero-order valence-corrected chi connectivity index (χ0v) is 18.3. The monoisotopic (exact) mass is 407 g/mol. The van der Waals surface area contributed by atoms with Crippen LogP contribution in [0.4, 0.5) is 0 Å². The molecule has 1 unspecified atom stereocenters. The van der Waals surface area contributed by atoms with Crippen LogP contribution in [-0.2, 0) is 9.47 Å². The molecule has 29 heavy (non-hydrogen) atoms. The van der Waals surface area contributed by atoms with E-state index >= 15 is 0 Å². The van der Waals surface area contributed by atoms with Crippen LogP contribution in [0.15, 0.2) is 23.2 Å². The fourth-order valence-corrected chi connectivity index (χ4v) is 3.30. The van der Waals surface area contributed by atoms with Gasteiger partial charge in [-0.15, -0.1) is 0 Å². The molecule has 1 fully saturated rings. The third kappa shape index (κ3) is 8.11. The van der Waals surface area contributed by atoms with Gasteiger partial charge in [0.05, 0.1) is 20.3 Å². The van der Waals surface area contributed by atoms with Crippen LogP contribution in [0.3, 0.4) is 0 Å². The van der Waals surface area contributed by atoms with E-state index in [-0.39, 0.29) is 6.04 Å². The average Bonchev–Trinajstić information content (AvgIpc) is 2.76. The van der Waals surface area contributed by atoms with Crippen LogP contribution >= 0.6 is 0 Å². The van der Waals surface area contributed by atoms with E-state index in [1.165, 1.54) is 0 Å². The van der Waals surface area contributed by atoms with E-state index in [2.05, 4.69) is 29.5 Å². The molecule has 7 heteroatoms. The Morgan fingerprint density at radius 3 is 2.72 bits per heavy atom. The molecule has 0 amide bonds. The summed E-state index contributed by atoms with van der Waals surface area (Å²) < 4.78 is 22.1. The van der Waals surface area contributed by atoms with Crippen molar-refractivity contribution in [3.8, 4) is 11.5 Å². The van der Waals surface area contributed by atoms with E-state index in [1.54, 1.807) is 14.2 Å². The molecule has 1 saturated heterocycles. The van der Waals surface area contributed by atoms with Crippen molar-refractivity contribution in [3.05, 3.63) is 23.8 Å². The first kappa shape index (κ1) is 23.3. The van der Waals surface area contributed by atoms with Crippen LogP contribution in [0.2, 0.25) is 0 Å². The highest BCUT2D eigenvalue weighted by atomic mass is 16.5. The van der Waals surface area contributed by atoms with Crippen LogP contribution in [0.1, 0.15) is 44.7 Å². The fourth-order valence-electron chi connectivity index (χ4n) is 3.30. The maximum absolute atomic E-state index is 5.83. The number of benzene rings is 1. The Bertz CT molecular complexity index is 618. The van der Waals surface area contributed by atoms with Gasteiger partial charge in [0.2, 0.25) is 0 Å². The smallest absolute Gasteiger partial charge is 0.191 e. The van der Waals surface area contributed by atoms with Crippen LogP contribution in [0.5, 0.6) is 11.5 Å². The SMILES string of the molecule is CCNC(=NCCCOCC1CCOCC1)NC(C)c1cc(OC)ccc1OC. The second kappa shape index (κ2) is 13.3. The molecule has 1 aliphatic heterocycles. The molecule has 2 N–H and O–H groups in total. The van der Waals surface area contributed by atoms with Crippen LogP contribution in [-0.4, -0.2) is 59.7 Å². The lowest BCUT2D eigenvalue weighted by atomic mass is 10.0. The van der Waals surface area contributed by atoms with E-state index in [0.717, 1.165) is 75.3 Å². The van der Waals surface area contributed by atoms with Crippen molar-refractivity contribution in [2.75, 3.05) is 53.7 Å². The second-order valence-electron chi connectivity index (χ2n) is 7.22. The van der Waals surface area contributed by atoms with Crippen molar-refractivity contribution >= 4 is 5.96 Å². The predicted octanol–water partition coefficient (Wildman–Crippen LogP) is 3.15. The van der Waals surface area contributed by atoms with E-state index in [0.29, 0.717) is 12.5 Å². The van der Waals surface area contributed by atoms with E-state index in [1.807, 2.05) is 18.2 Å². The van der Waals surface area contributed by atoms with Gasteiger partial charge in [0.25, 0.3) is 0 Å². The molecule has 0 bridgehead atoms. The molecule has 2 rings (SSSR count). The van der Waals surface area contributed by atoms with Gasteiger partial charge < -0.3 is 29.6 Å². The van der Waals surface area contributed by atoms with Crippen molar-refractivity contribution in [2.45, 2.75) is 39.2 Å². The summed E-state index contributed by atoms with van der Waals surface area (Å²) >= 11 is 0. The number of hydrogen-bond donors (Lipinski definition) is 2. The Morgan fingerprint density at radius 1 is 1.24 bits per heavy atom. The van der Waals surface area contributed by atoms with Crippen LogP contribution in [0, 0.1) is 5.92 Å². The van der Waals surface area contributed by atoms with Gasteiger partial charge in [-0.05, 0) is 57.2 Å². The zero-order chi connectivity index (χ0) is 20.9. The summed E-state index contributed by atoms with van der Waals surface area (Å²) in [7, 11) is 3.34. The van der Waals surface area contributed by atoms with E-state index in [4.69, 9.17) is 18.9 Å². The van der Waals surface area contributed by atoms with Gasteiger partial charge in [-0.3, -0.25) is 4.99 Å². The summed E-state index contributed by atoms with van der Waals surface area (Å²) in [6.45, 7) is 8.96. The molecular weight excluding hydrogens is 370 g/mol. The number of rotatable bonds is 11. The van der Waals surface area contributed by atoms with Gasteiger partial charge in [-0.25, -0.2) is 0 Å². The van der Waals surface area contributed by atoms with Crippen molar-refractivity contribution in [1.82, 2.24) is 10.6 Å². The quantitative estimate of drug-likeness (QED) is 0.334. The van der Waals surface area contributed by atoms with Crippen molar-refractivity contribution in [1.29, 1.82) is 0 Å². The normalized spacial score (nSPS) is 16.3. The Balaban J connectivity index is 1.81. The highest BCUT2D eigenvalue weighted by Gasteiger charge is 2.15. The molecule has 1 aromatic carbocycles. The number of nitrogens with zero attached hydrogens (tertiary/aromatic N) is 1. The summed E-state index contributed by atoms with van der Waals surface area (Å²) in [5.74, 6) is 3.06. The third-order valence-corrected chi connectivity index (χ3v) is 5.01. The number of nitrogens with one attached hydrogen (secondary N) is 2. The number of aliphatic imine (C=N–C) groups is 1. The van der Waals surface area contributed by atoms with Crippen molar-refractivity contribution in [2.24, 2.45) is 10.9 Å². The molecule has 1 aliphatic rings. The van der Waals surface area contributed by atoms with Crippen LogP contribution in [0.25, 0.3) is 0 Å². The number of methoxy groups -OCH3 is 2. The highest BCUT2D eigenvalue weighted by molar-refractivity contribution is 5.80. The van der Waals surface area contributed by atoms with E-state index < -0.39 is 0 Å². The standard InChI is InChI=1S/C22H37N3O4/c1-5-23-22(24-11-6-12-29-16-18-9-13-28-14-10-18)25-17(2)20-15-19(26-3)7-8-21(20)27-4/h7-8,15,17-18H,5-6,9-14,16H2,1-4H3,(H2,23,24,25). The number of guanidine groups is 1. The van der Waals surface area contributed by atoms with Crippen LogP contribution < -0.4 is 20.1 Å². The van der Waals surface area contributed by atoms with Gasteiger partial charge in [-0.1, -0.05) is 0 Å². The molecular formula is C22H37N3O4. The molecule has 0 aromatic heterocycles. The lowest BCUT2D eigenvalue weighted by Crippen LogP contribution is -2.39. The molecule has 164 valence electrons. The second-order valence-corrected chi connectivity index (χ2v) is 7.22. The van der Waals surface area contributed by atoms with Gasteiger partial charge in [0, 0.05) is 45.1 Å². The molecule has 7 nitrogen and oxygen atoms in total. The first-order chi connectivity index (χ1) is 14.2. The minimum Gasteiger partial charge on any atom is -0.497 e. The Kier molecular flexibility index (Phi) is 10.7. The summed E-state index contributed by atoms with van der Waals surface area (Å²) in [4.78, 5) is 4.68. The molecule has 1 aromatic rings. The molecule has 0 saturated carbocycles. The highest BCUT2D eigenvalue weighted by Crippen LogP contribution is 2.29. The summed E-state index contributed by atoms with van der Waals surface area (Å²) in [5, 5.41) is 6.76. The third-order valence-electron chi connectivity index (χ3n) is 5.01. The molecule has 0 spiro atoms. The Morgan fingerprint density at radius 2 is 2.03 bits per heavy atom. The largest absolute Gasteiger partial charge is 0.497 e. The topological polar surface area (TPSA) is 73.3 Å². The Hall–Kier alpha value is -1.99. The lowest BCUT2D eigenvalue weighted by Gasteiger charge is -2.21. The average molecular weight is 408 g/mol. The number of hydrogen-bond acceptors (Lipinski definition) is 5. The first-order valence-corrected chi connectivity index (χ1v) is 10.6. The summed E-state index contributed by atoms with van der Waals surface area (Å²) in [6.07, 6.45) is 3.12. The zero-order valence-electron chi connectivity index (χ0n) is 18.3. The first-order valence-electron chi connectivity index (χ1n) is 10.6. The molecule has 0 aliphatic carbocycles. The molecule has 0 radical (unpaired) electrons. The Labute approximate surface area is 175 Å². The summed E-state index contributed by atoms with van der Waals surface area (Å²) in [6, 6.07) is 5.83. The van der Waals surface area contributed by atoms with Gasteiger partial charge >= 0.3 is 0 Å².